The topological polar surface area (TPSA) is 86.3 Å². The van der Waals surface area contributed by atoms with Crippen LogP contribution in [-0.4, -0.2) is 11.0 Å². The molecule has 1 heterocycles. The number of rotatable bonds is 4. The predicted molar refractivity (Wildman–Crippen MR) is 104 cm³/mol. The maximum absolute atomic E-state index is 12.3. The second-order valence-corrected chi connectivity index (χ2v) is 6.31. The van der Waals surface area contributed by atoms with E-state index in [1.807, 2.05) is 6.07 Å². The lowest BCUT2D eigenvalue weighted by molar-refractivity contribution is -0.112. The number of phenolic OH excluding ortho intramolecular Hbond substituents is 1. The number of benzene rings is 2. The quantitative estimate of drug-likeness (QED) is 0.344. The lowest BCUT2D eigenvalue weighted by atomic mass is 10.2. The van der Waals surface area contributed by atoms with Gasteiger partial charge in [-0.2, -0.15) is 5.26 Å². The van der Waals surface area contributed by atoms with Crippen LogP contribution in [0.4, 0.5) is 5.69 Å². The van der Waals surface area contributed by atoms with Gasteiger partial charge in [-0.25, -0.2) is 0 Å². The van der Waals surface area contributed by atoms with E-state index in [1.165, 1.54) is 18.2 Å². The molecule has 0 aliphatic heterocycles. The first-order valence-corrected chi connectivity index (χ1v) is 8.50. The predicted octanol–water partition coefficient (Wildman–Crippen LogP) is 5.50. The molecule has 0 bridgehead atoms. The average Bonchev–Trinajstić information content (AvgIpc) is 3.09. The van der Waals surface area contributed by atoms with E-state index >= 15 is 0 Å². The highest BCUT2D eigenvalue weighted by atomic mass is 35.5. The smallest absolute Gasteiger partial charge is 0.266 e. The Morgan fingerprint density at radius 3 is 2.63 bits per heavy atom. The highest BCUT2D eigenvalue weighted by Gasteiger charge is 2.14. The van der Waals surface area contributed by atoms with E-state index in [9.17, 15) is 15.2 Å². The van der Waals surface area contributed by atoms with Crippen LogP contribution >= 0.6 is 23.2 Å². The number of aromatic hydroxyl groups is 1. The van der Waals surface area contributed by atoms with E-state index in [0.29, 0.717) is 27.1 Å². The van der Waals surface area contributed by atoms with Crippen molar-refractivity contribution in [2.24, 2.45) is 0 Å². The third kappa shape index (κ3) is 4.32. The summed E-state index contributed by atoms with van der Waals surface area (Å²) in [6.07, 6.45) is 1.31. The zero-order valence-corrected chi connectivity index (χ0v) is 15.3. The molecule has 0 unspecified atom stereocenters. The minimum Gasteiger partial charge on any atom is -0.506 e. The zero-order valence-electron chi connectivity index (χ0n) is 13.7. The first-order valence-electron chi connectivity index (χ1n) is 7.74. The zero-order chi connectivity index (χ0) is 19.4. The first kappa shape index (κ1) is 18.6. The molecule has 7 heteroatoms. The molecule has 0 saturated carbocycles. The summed E-state index contributed by atoms with van der Waals surface area (Å²) in [5.41, 5.74) is 0.663. The first-order chi connectivity index (χ1) is 13.0. The van der Waals surface area contributed by atoms with Gasteiger partial charge in [-0.1, -0.05) is 35.3 Å². The van der Waals surface area contributed by atoms with Crippen LogP contribution in [0, 0.1) is 11.3 Å². The van der Waals surface area contributed by atoms with Crippen molar-refractivity contribution in [2.75, 3.05) is 5.32 Å². The van der Waals surface area contributed by atoms with Crippen molar-refractivity contribution in [3.05, 3.63) is 76.0 Å². The maximum Gasteiger partial charge on any atom is 0.266 e. The van der Waals surface area contributed by atoms with E-state index in [1.54, 1.807) is 42.5 Å². The van der Waals surface area contributed by atoms with Gasteiger partial charge in [0, 0.05) is 16.7 Å². The van der Waals surface area contributed by atoms with Gasteiger partial charge in [-0.3, -0.25) is 4.79 Å². The van der Waals surface area contributed by atoms with Crippen LogP contribution in [0.2, 0.25) is 10.0 Å². The molecule has 0 aliphatic rings. The Morgan fingerprint density at radius 2 is 1.93 bits per heavy atom. The van der Waals surface area contributed by atoms with E-state index in [-0.39, 0.29) is 17.0 Å². The standard InChI is InChI=1S/C20H12Cl2N2O3/c21-13-5-7-15(16(22)10-13)19-8-6-14(27-19)9-12(11-23)20(26)24-17-3-1-2-4-18(17)25/h1-10,25H,(H,24,26)/b12-9-. The molecule has 0 spiro atoms. The lowest BCUT2D eigenvalue weighted by Crippen LogP contribution is -2.13. The highest BCUT2D eigenvalue weighted by molar-refractivity contribution is 6.36. The summed E-state index contributed by atoms with van der Waals surface area (Å²) in [5.74, 6) is 0.0172. The Labute approximate surface area is 165 Å². The van der Waals surface area contributed by atoms with Crippen molar-refractivity contribution < 1.29 is 14.3 Å². The fraction of sp³-hybridized carbons (Fsp3) is 0. The van der Waals surface area contributed by atoms with E-state index in [0.717, 1.165) is 0 Å². The highest BCUT2D eigenvalue weighted by Crippen LogP contribution is 2.32. The number of hydrogen-bond donors (Lipinski definition) is 2. The van der Waals surface area contributed by atoms with Crippen LogP contribution in [-0.2, 0) is 4.79 Å². The number of hydrogen-bond acceptors (Lipinski definition) is 4. The third-order valence-corrected chi connectivity index (χ3v) is 4.18. The molecular weight excluding hydrogens is 387 g/mol. The van der Waals surface area contributed by atoms with Crippen LogP contribution in [0.25, 0.3) is 17.4 Å². The fourth-order valence-electron chi connectivity index (χ4n) is 2.32. The van der Waals surface area contributed by atoms with E-state index in [4.69, 9.17) is 27.6 Å². The van der Waals surface area contributed by atoms with Gasteiger partial charge in [-0.05, 0) is 42.5 Å². The molecule has 1 aromatic heterocycles. The van der Waals surface area contributed by atoms with Gasteiger partial charge in [0.05, 0.1) is 10.7 Å². The number of halogens is 2. The van der Waals surface area contributed by atoms with Crippen molar-refractivity contribution in [1.29, 1.82) is 5.26 Å². The Morgan fingerprint density at radius 1 is 1.15 bits per heavy atom. The summed E-state index contributed by atoms with van der Waals surface area (Å²) in [4.78, 5) is 12.3. The number of nitrogens with zero attached hydrogens (tertiary/aromatic N) is 1. The number of nitrogens with one attached hydrogen (secondary N) is 1. The molecule has 0 aliphatic carbocycles. The van der Waals surface area contributed by atoms with Gasteiger partial charge < -0.3 is 14.8 Å². The second kappa shape index (κ2) is 8.00. The summed E-state index contributed by atoms with van der Waals surface area (Å²) >= 11 is 12.0. The van der Waals surface area contributed by atoms with Crippen molar-refractivity contribution >= 4 is 40.9 Å². The molecule has 0 fully saturated rings. The molecular formula is C20H12Cl2N2O3. The van der Waals surface area contributed by atoms with Crippen molar-refractivity contribution in [2.45, 2.75) is 0 Å². The monoisotopic (exact) mass is 398 g/mol. The normalized spacial score (nSPS) is 11.1. The Bertz CT molecular complexity index is 1080. The molecule has 2 aromatic carbocycles. The van der Waals surface area contributed by atoms with Crippen LogP contribution in [0.15, 0.2) is 64.6 Å². The number of anilines is 1. The number of nitriles is 1. The lowest BCUT2D eigenvalue weighted by Gasteiger charge is -2.05. The SMILES string of the molecule is N#C/C(=C/c1ccc(-c2ccc(Cl)cc2Cl)o1)C(=O)Nc1ccccc1O. The molecule has 134 valence electrons. The van der Waals surface area contributed by atoms with Gasteiger partial charge in [0.2, 0.25) is 0 Å². The summed E-state index contributed by atoms with van der Waals surface area (Å²) in [6, 6.07) is 16.3. The average molecular weight is 399 g/mol. The number of carbonyl (C=O) groups is 1. The number of amides is 1. The molecule has 1 amide bonds. The number of para-hydroxylation sites is 2. The van der Waals surface area contributed by atoms with Crippen LogP contribution < -0.4 is 5.32 Å². The Balaban J connectivity index is 1.84. The van der Waals surface area contributed by atoms with Crippen molar-refractivity contribution in [1.82, 2.24) is 0 Å². The van der Waals surface area contributed by atoms with Gasteiger partial charge >= 0.3 is 0 Å². The molecule has 5 nitrogen and oxygen atoms in total. The number of furan rings is 1. The van der Waals surface area contributed by atoms with E-state index in [2.05, 4.69) is 5.32 Å². The fourth-order valence-corrected chi connectivity index (χ4v) is 2.83. The van der Waals surface area contributed by atoms with Crippen LogP contribution in [0.5, 0.6) is 5.75 Å². The van der Waals surface area contributed by atoms with Crippen molar-refractivity contribution in [3.8, 4) is 23.1 Å². The minimum atomic E-state index is -0.665. The molecule has 3 rings (SSSR count). The summed E-state index contributed by atoms with van der Waals surface area (Å²) < 4.78 is 5.66. The van der Waals surface area contributed by atoms with Gasteiger partial charge in [0.25, 0.3) is 5.91 Å². The molecule has 0 saturated heterocycles. The van der Waals surface area contributed by atoms with E-state index < -0.39 is 5.91 Å². The third-order valence-electron chi connectivity index (χ3n) is 3.63. The molecule has 0 atom stereocenters. The van der Waals surface area contributed by atoms with Crippen LogP contribution in [0.3, 0.4) is 0 Å². The summed E-state index contributed by atoms with van der Waals surface area (Å²) in [5, 5.41) is 22.4. The van der Waals surface area contributed by atoms with Gasteiger partial charge in [0.15, 0.2) is 0 Å². The Kier molecular flexibility index (Phi) is 5.51. The summed E-state index contributed by atoms with van der Waals surface area (Å²) in [7, 11) is 0. The van der Waals surface area contributed by atoms with Crippen molar-refractivity contribution in [3.63, 3.8) is 0 Å². The summed E-state index contributed by atoms with van der Waals surface area (Å²) in [6.45, 7) is 0. The largest absolute Gasteiger partial charge is 0.506 e. The molecule has 3 aromatic rings. The maximum atomic E-state index is 12.3. The second-order valence-electron chi connectivity index (χ2n) is 5.47. The number of carbonyl (C=O) groups excluding carboxylic acids is 1. The number of phenols is 1. The van der Waals surface area contributed by atoms with Crippen LogP contribution in [0.1, 0.15) is 5.76 Å². The van der Waals surface area contributed by atoms with Gasteiger partial charge in [0.1, 0.15) is 28.9 Å². The molecule has 0 radical (unpaired) electrons. The van der Waals surface area contributed by atoms with Gasteiger partial charge in [-0.15, -0.1) is 0 Å². The molecule has 27 heavy (non-hydrogen) atoms. The minimum absolute atomic E-state index is 0.0965. The Hall–Kier alpha value is -3.20. The molecule has 2 N–H and O–H groups in total.